The molecule has 4 rings (SSSR count). The van der Waals surface area contributed by atoms with Gasteiger partial charge in [-0.3, -0.25) is 0 Å². The van der Waals surface area contributed by atoms with Gasteiger partial charge in [-0.25, -0.2) is 9.59 Å². The van der Waals surface area contributed by atoms with Gasteiger partial charge in [0.15, 0.2) is 5.60 Å². The second-order valence-electron chi connectivity index (χ2n) is 8.75. The van der Waals surface area contributed by atoms with E-state index in [1.54, 1.807) is 12.1 Å². The zero-order valence-electron chi connectivity index (χ0n) is 20.4. The van der Waals surface area contributed by atoms with E-state index in [1.165, 1.54) is 18.2 Å². The Morgan fingerprint density at radius 2 is 1.31 bits per heavy atom. The molecule has 1 aliphatic heterocycles. The number of benzene rings is 3. The molecule has 0 spiro atoms. The van der Waals surface area contributed by atoms with Crippen LogP contribution in [0.15, 0.2) is 42.5 Å². The number of ether oxygens (including phenoxy) is 1. The van der Waals surface area contributed by atoms with Crippen molar-refractivity contribution in [2.45, 2.75) is 59.0 Å². The van der Waals surface area contributed by atoms with E-state index in [9.17, 15) is 24.9 Å². The maximum atomic E-state index is 13.4. The molecular formula is C29H30O6. The normalized spacial score (nSPS) is 14.0. The van der Waals surface area contributed by atoms with E-state index in [1.807, 2.05) is 39.8 Å². The van der Waals surface area contributed by atoms with Gasteiger partial charge < -0.3 is 20.1 Å². The Morgan fingerprint density at radius 1 is 0.800 bits per heavy atom. The van der Waals surface area contributed by atoms with Crippen LogP contribution in [0.2, 0.25) is 0 Å². The van der Waals surface area contributed by atoms with Crippen LogP contribution in [-0.2, 0) is 36.0 Å². The highest BCUT2D eigenvalue weighted by Crippen LogP contribution is 2.53. The summed E-state index contributed by atoms with van der Waals surface area (Å²) in [7, 11) is 0. The summed E-state index contributed by atoms with van der Waals surface area (Å²) in [6.07, 6.45) is 2.11. The largest absolute Gasteiger partial charge is 0.508 e. The SMILES string of the molecule is CCc1ccc(O)c(CC)c1C1(c2c(CC)ccc(O)c2CC)OC(=O)c2ccc(C(=O)O)cc21. The van der Waals surface area contributed by atoms with E-state index in [4.69, 9.17) is 4.74 Å². The number of fused-ring (bicyclic) bond motifs is 1. The summed E-state index contributed by atoms with van der Waals surface area (Å²) in [5.41, 5.74) is 3.43. The number of aryl methyl sites for hydroxylation is 2. The Labute approximate surface area is 204 Å². The molecule has 0 aromatic heterocycles. The van der Waals surface area contributed by atoms with Crippen molar-refractivity contribution in [3.8, 4) is 11.5 Å². The Balaban J connectivity index is 2.31. The number of phenols is 2. The number of carbonyl (C=O) groups excluding carboxylic acids is 1. The number of carboxylic acid groups (broad SMARTS) is 1. The number of hydrogen-bond acceptors (Lipinski definition) is 5. The van der Waals surface area contributed by atoms with Gasteiger partial charge in [0.1, 0.15) is 11.5 Å². The molecule has 0 unspecified atom stereocenters. The first-order chi connectivity index (χ1) is 16.7. The number of hydrogen-bond donors (Lipinski definition) is 3. The highest BCUT2D eigenvalue weighted by molar-refractivity contribution is 5.99. The first kappa shape index (κ1) is 24.3. The number of carbonyl (C=O) groups is 2. The van der Waals surface area contributed by atoms with Crippen molar-refractivity contribution in [1.29, 1.82) is 0 Å². The van der Waals surface area contributed by atoms with Crippen LogP contribution in [0, 0.1) is 0 Å². The summed E-state index contributed by atoms with van der Waals surface area (Å²) in [5.74, 6) is -1.54. The fourth-order valence-electron chi connectivity index (χ4n) is 5.44. The Kier molecular flexibility index (Phi) is 6.32. The van der Waals surface area contributed by atoms with Gasteiger partial charge in [-0.1, -0.05) is 39.8 Å². The lowest BCUT2D eigenvalue weighted by molar-refractivity contribution is 0.0240. The van der Waals surface area contributed by atoms with E-state index in [0.29, 0.717) is 53.5 Å². The quantitative estimate of drug-likeness (QED) is 0.390. The minimum atomic E-state index is -1.53. The van der Waals surface area contributed by atoms with Gasteiger partial charge in [0.2, 0.25) is 0 Å². The van der Waals surface area contributed by atoms with Crippen LogP contribution in [0.5, 0.6) is 11.5 Å². The molecule has 1 aliphatic rings. The molecule has 0 fully saturated rings. The molecule has 0 saturated heterocycles. The predicted molar refractivity (Wildman–Crippen MR) is 132 cm³/mol. The van der Waals surface area contributed by atoms with E-state index >= 15 is 0 Å². The van der Waals surface area contributed by atoms with Crippen LogP contribution in [0.4, 0.5) is 0 Å². The zero-order chi connectivity index (χ0) is 25.5. The van der Waals surface area contributed by atoms with Gasteiger partial charge in [-0.2, -0.15) is 0 Å². The molecule has 35 heavy (non-hydrogen) atoms. The van der Waals surface area contributed by atoms with Crippen molar-refractivity contribution < 1.29 is 29.6 Å². The predicted octanol–water partition coefficient (Wildman–Crippen LogP) is 5.51. The summed E-state index contributed by atoms with van der Waals surface area (Å²) in [5, 5.41) is 31.6. The highest BCUT2D eigenvalue weighted by atomic mass is 16.6. The molecule has 0 radical (unpaired) electrons. The number of carboxylic acids is 1. The fraction of sp³-hybridized carbons (Fsp3) is 0.310. The molecule has 0 bridgehead atoms. The van der Waals surface area contributed by atoms with Crippen molar-refractivity contribution in [1.82, 2.24) is 0 Å². The Bertz CT molecular complexity index is 1280. The third-order valence-corrected chi connectivity index (χ3v) is 7.03. The van der Waals surface area contributed by atoms with Crippen LogP contribution >= 0.6 is 0 Å². The molecule has 0 amide bonds. The number of cyclic esters (lactones) is 1. The maximum Gasteiger partial charge on any atom is 0.340 e. The van der Waals surface area contributed by atoms with Crippen LogP contribution in [0.25, 0.3) is 0 Å². The number of rotatable bonds is 7. The van der Waals surface area contributed by atoms with Crippen LogP contribution in [0.1, 0.15) is 87.4 Å². The molecular weight excluding hydrogens is 444 g/mol. The molecule has 0 saturated carbocycles. The van der Waals surface area contributed by atoms with Crippen molar-refractivity contribution >= 4 is 11.9 Å². The lowest BCUT2D eigenvalue weighted by Gasteiger charge is -2.37. The van der Waals surface area contributed by atoms with E-state index in [2.05, 4.69) is 0 Å². The van der Waals surface area contributed by atoms with Gasteiger partial charge >= 0.3 is 11.9 Å². The molecule has 0 aliphatic carbocycles. The van der Waals surface area contributed by atoms with E-state index in [-0.39, 0.29) is 22.6 Å². The average Bonchev–Trinajstić information content (AvgIpc) is 3.15. The summed E-state index contributed by atoms with van der Waals surface area (Å²) in [6.45, 7) is 7.80. The average molecular weight is 475 g/mol. The topological polar surface area (TPSA) is 104 Å². The fourth-order valence-corrected chi connectivity index (χ4v) is 5.44. The third-order valence-electron chi connectivity index (χ3n) is 7.03. The van der Waals surface area contributed by atoms with Crippen molar-refractivity contribution in [3.05, 3.63) is 92.5 Å². The molecule has 6 nitrogen and oxygen atoms in total. The smallest absolute Gasteiger partial charge is 0.340 e. The summed E-state index contributed by atoms with van der Waals surface area (Å²) in [6, 6.07) is 11.3. The molecule has 1 heterocycles. The number of esters is 1. The van der Waals surface area contributed by atoms with Crippen LogP contribution in [-0.4, -0.2) is 27.3 Å². The molecule has 182 valence electrons. The molecule has 3 aromatic carbocycles. The van der Waals surface area contributed by atoms with Gasteiger partial charge in [0, 0.05) is 27.8 Å². The first-order valence-corrected chi connectivity index (χ1v) is 12.0. The monoisotopic (exact) mass is 474 g/mol. The van der Waals surface area contributed by atoms with Gasteiger partial charge in [-0.05, 0) is 67.1 Å². The number of aromatic carboxylic acids is 1. The number of phenolic OH excluding ortho intramolecular Hbond substituents is 2. The molecule has 3 aromatic rings. The molecule has 3 N–H and O–H groups in total. The van der Waals surface area contributed by atoms with Crippen molar-refractivity contribution in [2.24, 2.45) is 0 Å². The Morgan fingerprint density at radius 3 is 1.74 bits per heavy atom. The molecule has 6 heteroatoms. The van der Waals surface area contributed by atoms with E-state index in [0.717, 1.165) is 11.1 Å². The lowest BCUT2D eigenvalue weighted by Crippen LogP contribution is -2.35. The minimum absolute atomic E-state index is 0.0268. The number of aromatic hydroxyl groups is 2. The zero-order valence-corrected chi connectivity index (χ0v) is 20.4. The highest BCUT2D eigenvalue weighted by Gasteiger charge is 2.53. The second kappa shape index (κ2) is 9.10. The standard InChI is InChI=1S/C29H30O6/c1-5-16-10-13-23(30)19(7-3)25(16)29(26-17(6-2)11-14-24(31)20(26)8-4)22-15-18(27(32)33)9-12-21(22)28(34)35-29/h9-15,30-31H,5-8H2,1-4H3,(H,32,33). The van der Waals surface area contributed by atoms with E-state index < -0.39 is 17.5 Å². The van der Waals surface area contributed by atoms with Crippen molar-refractivity contribution in [3.63, 3.8) is 0 Å². The summed E-state index contributed by atoms with van der Waals surface area (Å²) >= 11 is 0. The first-order valence-electron chi connectivity index (χ1n) is 12.0. The van der Waals surface area contributed by atoms with Crippen LogP contribution in [0.3, 0.4) is 0 Å². The van der Waals surface area contributed by atoms with Gasteiger partial charge in [-0.15, -0.1) is 0 Å². The summed E-state index contributed by atoms with van der Waals surface area (Å²) < 4.78 is 6.35. The lowest BCUT2D eigenvalue weighted by atomic mass is 9.71. The van der Waals surface area contributed by atoms with Gasteiger partial charge in [0.05, 0.1) is 11.1 Å². The maximum absolute atomic E-state index is 13.4. The second-order valence-corrected chi connectivity index (χ2v) is 8.75. The summed E-state index contributed by atoms with van der Waals surface area (Å²) in [4.78, 5) is 25.3. The van der Waals surface area contributed by atoms with Gasteiger partial charge in [0.25, 0.3) is 0 Å². The minimum Gasteiger partial charge on any atom is -0.508 e. The Hall–Kier alpha value is -3.80. The van der Waals surface area contributed by atoms with Crippen LogP contribution < -0.4 is 0 Å². The molecule has 0 atom stereocenters. The van der Waals surface area contributed by atoms with Crippen molar-refractivity contribution in [2.75, 3.05) is 0 Å². The third kappa shape index (κ3) is 3.55.